The van der Waals surface area contributed by atoms with Crippen LogP contribution in [0.2, 0.25) is 0 Å². The van der Waals surface area contributed by atoms with Gasteiger partial charge in [0.25, 0.3) is 0 Å². The van der Waals surface area contributed by atoms with Crippen LogP contribution in [0.15, 0.2) is 40.5 Å². The second-order valence-electron chi connectivity index (χ2n) is 6.07. The largest absolute Gasteiger partial charge is 0.368 e. The highest BCUT2D eigenvalue weighted by atomic mass is 16.7. The first-order chi connectivity index (χ1) is 11.0. The molecule has 1 aromatic rings. The number of benzene rings is 1. The summed E-state index contributed by atoms with van der Waals surface area (Å²) >= 11 is 0. The number of aliphatic imine (C=N–C) groups is 1. The molecule has 0 saturated carbocycles. The van der Waals surface area contributed by atoms with Gasteiger partial charge in [0.15, 0.2) is 0 Å². The summed E-state index contributed by atoms with van der Waals surface area (Å²) < 4.78 is 0. The van der Waals surface area contributed by atoms with Gasteiger partial charge in [-0.25, -0.2) is 9.79 Å². The molecule has 0 N–H and O–H groups in total. The van der Waals surface area contributed by atoms with Gasteiger partial charge in [-0.3, -0.25) is 0 Å². The summed E-state index contributed by atoms with van der Waals surface area (Å²) in [6.45, 7) is 3.97. The van der Waals surface area contributed by atoms with Crippen molar-refractivity contribution in [1.29, 1.82) is 0 Å². The average Bonchev–Trinajstić information content (AvgIpc) is 2.84. The monoisotopic (exact) mass is 315 g/mol. The van der Waals surface area contributed by atoms with Crippen molar-refractivity contribution in [1.82, 2.24) is 4.90 Å². The molecule has 0 radical (unpaired) electrons. The SMILES string of the molecule is CCCC1=NOC(=O)C1(CCc1ccccc1)N=C(C)N(C)C. The Labute approximate surface area is 138 Å². The zero-order valence-corrected chi connectivity index (χ0v) is 14.4. The van der Waals surface area contributed by atoms with Gasteiger partial charge >= 0.3 is 5.97 Å². The molecule has 0 aliphatic carbocycles. The molecule has 0 saturated heterocycles. The van der Waals surface area contributed by atoms with Crippen LogP contribution in [0.25, 0.3) is 0 Å². The van der Waals surface area contributed by atoms with Gasteiger partial charge in [0, 0.05) is 14.1 Å². The van der Waals surface area contributed by atoms with Crippen molar-refractivity contribution in [3.8, 4) is 0 Å². The van der Waals surface area contributed by atoms with E-state index >= 15 is 0 Å². The summed E-state index contributed by atoms with van der Waals surface area (Å²) in [6, 6.07) is 10.1. The van der Waals surface area contributed by atoms with E-state index in [-0.39, 0.29) is 5.97 Å². The molecule has 2 rings (SSSR count). The first-order valence-corrected chi connectivity index (χ1v) is 8.06. The first-order valence-electron chi connectivity index (χ1n) is 8.06. The average molecular weight is 315 g/mol. The van der Waals surface area contributed by atoms with Crippen LogP contribution in [0, 0.1) is 0 Å². The summed E-state index contributed by atoms with van der Waals surface area (Å²) in [5.41, 5.74) is 0.933. The topological polar surface area (TPSA) is 54.3 Å². The molecule has 0 bridgehead atoms. The Bertz CT molecular complexity index is 608. The van der Waals surface area contributed by atoms with Crippen LogP contribution in [-0.2, 0) is 16.1 Å². The summed E-state index contributed by atoms with van der Waals surface area (Å²) in [6.07, 6.45) is 2.94. The van der Waals surface area contributed by atoms with Gasteiger partial charge in [0.05, 0.1) is 11.5 Å². The van der Waals surface area contributed by atoms with E-state index in [1.165, 1.54) is 5.56 Å². The Morgan fingerprint density at radius 2 is 1.96 bits per heavy atom. The molecule has 1 aromatic carbocycles. The molecular formula is C18H25N3O2. The second-order valence-corrected chi connectivity index (χ2v) is 6.07. The lowest BCUT2D eigenvalue weighted by Crippen LogP contribution is -2.43. The van der Waals surface area contributed by atoms with E-state index in [0.717, 1.165) is 24.4 Å². The van der Waals surface area contributed by atoms with E-state index in [4.69, 9.17) is 9.83 Å². The summed E-state index contributed by atoms with van der Waals surface area (Å²) in [7, 11) is 3.83. The third kappa shape index (κ3) is 3.78. The molecule has 5 heteroatoms. The van der Waals surface area contributed by atoms with Crippen molar-refractivity contribution in [2.45, 2.75) is 45.1 Å². The second kappa shape index (κ2) is 7.40. The first kappa shape index (κ1) is 17.2. The third-order valence-corrected chi connectivity index (χ3v) is 4.16. The quantitative estimate of drug-likeness (QED) is 0.460. The highest BCUT2D eigenvalue weighted by Crippen LogP contribution is 2.31. The molecule has 5 nitrogen and oxygen atoms in total. The molecule has 0 spiro atoms. The van der Waals surface area contributed by atoms with Gasteiger partial charge in [-0.2, -0.15) is 0 Å². The summed E-state index contributed by atoms with van der Waals surface area (Å²) in [5, 5.41) is 4.03. The minimum atomic E-state index is -0.986. The van der Waals surface area contributed by atoms with E-state index in [1.807, 2.05) is 44.1 Å². The lowest BCUT2D eigenvalue weighted by molar-refractivity contribution is -0.144. The lowest BCUT2D eigenvalue weighted by Gasteiger charge is -2.25. The Morgan fingerprint density at radius 1 is 1.26 bits per heavy atom. The molecule has 124 valence electrons. The van der Waals surface area contributed by atoms with Crippen LogP contribution in [0.5, 0.6) is 0 Å². The van der Waals surface area contributed by atoms with Gasteiger partial charge in [0.1, 0.15) is 0 Å². The normalized spacial score (nSPS) is 21.1. The van der Waals surface area contributed by atoms with Crippen molar-refractivity contribution in [2.75, 3.05) is 14.1 Å². The number of rotatable bonds is 6. The van der Waals surface area contributed by atoms with E-state index in [9.17, 15) is 4.79 Å². The van der Waals surface area contributed by atoms with Crippen LogP contribution in [0.3, 0.4) is 0 Å². The zero-order chi connectivity index (χ0) is 16.9. The maximum absolute atomic E-state index is 12.5. The minimum absolute atomic E-state index is 0.363. The molecule has 23 heavy (non-hydrogen) atoms. The third-order valence-electron chi connectivity index (χ3n) is 4.16. The van der Waals surface area contributed by atoms with Gasteiger partial charge < -0.3 is 9.74 Å². The summed E-state index contributed by atoms with van der Waals surface area (Å²) in [5.74, 6) is 0.429. The minimum Gasteiger partial charge on any atom is -0.367 e. The van der Waals surface area contributed by atoms with E-state index in [2.05, 4.69) is 24.2 Å². The number of carbonyl (C=O) groups is 1. The van der Waals surface area contributed by atoms with Crippen LogP contribution in [0.1, 0.15) is 38.7 Å². The lowest BCUT2D eigenvalue weighted by atomic mass is 9.85. The Kier molecular flexibility index (Phi) is 5.53. The van der Waals surface area contributed by atoms with Gasteiger partial charge in [-0.15, -0.1) is 0 Å². The predicted octanol–water partition coefficient (Wildman–Crippen LogP) is 3.05. The predicted molar refractivity (Wildman–Crippen MR) is 92.7 cm³/mol. The molecule has 0 fully saturated rings. The Morgan fingerprint density at radius 3 is 2.57 bits per heavy atom. The molecule has 1 heterocycles. The fourth-order valence-corrected chi connectivity index (χ4v) is 2.61. The van der Waals surface area contributed by atoms with Crippen molar-refractivity contribution >= 4 is 17.5 Å². The number of oxime groups is 1. The van der Waals surface area contributed by atoms with E-state index in [0.29, 0.717) is 12.8 Å². The van der Waals surface area contributed by atoms with Crippen molar-refractivity contribution in [2.24, 2.45) is 10.1 Å². The number of nitrogens with zero attached hydrogens (tertiary/aromatic N) is 3. The van der Waals surface area contributed by atoms with E-state index < -0.39 is 5.54 Å². The number of aryl methyl sites for hydroxylation is 1. The fourth-order valence-electron chi connectivity index (χ4n) is 2.61. The van der Waals surface area contributed by atoms with Crippen molar-refractivity contribution < 1.29 is 9.63 Å². The van der Waals surface area contributed by atoms with Crippen molar-refractivity contribution in [3.05, 3.63) is 35.9 Å². The maximum atomic E-state index is 12.5. The van der Waals surface area contributed by atoms with Gasteiger partial charge in [-0.1, -0.05) is 48.8 Å². The molecule has 1 aliphatic rings. The Hall–Kier alpha value is -2.17. The number of hydrogen-bond acceptors (Lipinski definition) is 4. The molecule has 0 aromatic heterocycles. The van der Waals surface area contributed by atoms with Crippen molar-refractivity contribution in [3.63, 3.8) is 0 Å². The Balaban J connectivity index is 2.33. The number of amidine groups is 1. The standard InChI is InChI=1S/C18H25N3O2/c1-5-9-16-18(17(22)23-20-16,19-14(2)21(3)4)13-12-15-10-7-6-8-11-15/h6-8,10-11H,5,9,12-13H2,1-4H3. The zero-order valence-electron chi connectivity index (χ0n) is 14.4. The van der Waals surface area contributed by atoms with Crippen LogP contribution in [0.4, 0.5) is 0 Å². The number of hydrogen-bond donors (Lipinski definition) is 0. The summed E-state index contributed by atoms with van der Waals surface area (Å²) in [4.78, 5) is 24.2. The van der Waals surface area contributed by atoms with Crippen LogP contribution >= 0.6 is 0 Å². The molecule has 1 atom stereocenters. The molecule has 1 aliphatic heterocycles. The van der Waals surface area contributed by atoms with Crippen LogP contribution < -0.4 is 0 Å². The molecule has 0 amide bonds. The maximum Gasteiger partial charge on any atom is 0.368 e. The highest BCUT2D eigenvalue weighted by molar-refractivity contribution is 6.15. The van der Waals surface area contributed by atoms with Crippen LogP contribution in [-0.4, -0.2) is 42.1 Å². The fraction of sp³-hybridized carbons (Fsp3) is 0.500. The smallest absolute Gasteiger partial charge is 0.367 e. The highest BCUT2D eigenvalue weighted by Gasteiger charge is 2.49. The molecule has 1 unspecified atom stereocenters. The molecular weight excluding hydrogens is 290 g/mol. The van der Waals surface area contributed by atoms with Gasteiger partial charge in [0.2, 0.25) is 5.54 Å². The van der Waals surface area contributed by atoms with Gasteiger partial charge in [-0.05, 0) is 31.7 Å². The van der Waals surface area contributed by atoms with E-state index in [1.54, 1.807) is 0 Å². The number of carbonyl (C=O) groups excluding carboxylic acids is 1.